The third-order valence-corrected chi connectivity index (χ3v) is 6.36. The van der Waals surface area contributed by atoms with E-state index in [1.807, 2.05) is 65.6 Å². The monoisotopic (exact) mass is 424 g/mol. The number of benzene rings is 2. The number of hydrogen-bond acceptors (Lipinski definition) is 3. The summed E-state index contributed by atoms with van der Waals surface area (Å²) in [5, 5.41) is 3.64. The van der Waals surface area contributed by atoms with E-state index < -0.39 is 0 Å². The summed E-state index contributed by atoms with van der Waals surface area (Å²) in [6, 6.07) is 18.8. The smallest absolute Gasteiger partial charge is 0.261 e. The molecule has 4 nitrogen and oxygen atoms in total. The maximum Gasteiger partial charge on any atom is 0.261 e. The first-order chi connectivity index (χ1) is 14.1. The number of carbonyl (C=O) groups excluding carboxylic acids is 2. The average Bonchev–Trinajstić information content (AvgIpc) is 3.45. The molecule has 0 saturated carbocycles. The van der Waals surface area contributed by atoms with Gasteiger partial charge in [-0.05, 0) is 60.4 Å². The number of rotatable bonds is 5. The first-order valence-electron chi connectivity index (χ1n) is 9.62. The van der Waals surface area contributed by atoms with Gasteiger partial charge >= 0.3 is 0 Å². The molecule has 148 valence electrons. The molecule has 2 amide bonds. The summed E-state index contributed by atoms with van der Waals surface area (Å²) in [7, 11) is 0. The van der Waals surface area contributed by atoms with Gasteiger partial charge in [-0.1, -0.05) is 35.9 Å². The van der Waals surface area contributed by atoms with Gasteiger partial charge in [0.25, 0.3) is 11.8 Å². The highest BCUT2D eigenvalue weighted by atomic mass is 35.5. The molecule has 3 aromatic rings. The van der Waals surface area contributed by atoms with Gasteiger partial charge in [0.15, 0.2) is 0 Å². The quantitative estimate of drug-likeness (QED) is 0.609. The van der Waals surface area contributed by atoms with Crippen LogP contribution in [0.4, 0.5) is 0 Å². The number of thiophene rings is 1. The molecule has 1 aromatic heterocycles. The summed E-state index contributed by atoms with van der Waals surface area (Å²) < 4.78 is 0. The van der Waals surface area contributed by atoms with Gasteiger partial charge in [-0.15, -0.1) is 11.3 Å². The number of carbonyl (C=O) groups is 2. The molecule has 0 aliphatic carbocycles. The summed E-state index contributed by atoms with van der Waals surface area (Å²) in [5.41, 5.74) is 2.63. The minimum Gasteiger partial charge on any atom is -0.347 e. The standard InChI is InChI=1S/C23H21ClN2O2S/c24-19-8-6-17(7-9-19)20-10-11-21(29-20)22(27)25-15-16-4-3-5-18(14-16)23(28)26-12-1-2-13-26/h3-11,14H,1-2,12-13,15H2,(H,25,27). The van der Waals surface area contributed by atoms with Gasteiger partial charge in [-0.3, -0.25) is 9.59 Å². The van der Waals surface area contributed by atoms with E-state index >= 15 is 0 Å². The molecule has 29 heavy (non-hydrogen) atoms. The fourth-order valence-corrected chi connectivity index (χ4v) is 4.47. The van der Waals surface area contributed by atoms with Gasteiger partial charge < -0.3 is 10.2 Å². The summed E-state index contributed by atoms with van der Waals surface area (Å²) >= 11 is 7.38. The lowest BCUT2D eigenvalue weighted by atomic mass is 10.1. The molecular formula is C23H21ClN2O2S. The Labute approximate surface area is 179 Å². The van der Waals surface area contributed by atoms with Crippen LogP contribution in [0.5, 0.6) is 0 Å². The molecule has 1 fully saturated rings. The molecule has 0 unspecified atom stereocenters. The van der Waals surface area contributed by atoms with Crippen LogP contribution in [0.3, 0.4) is 0 Å². The van der Waals surface area contributed by atoms with Crippen molar-refractivity contribution in [2.75, 3.05) is 13.1 Å². The molecule has 0 atom stereocenters. The minimum atomic E-state index is -0.119. The van der Waals surface area contributed by atoms with Gasteiger partial charge in [0.05, 0.1) is 4.88 Å². The zero-order chi connectivity index (χ0) is 20.2. The molecular weight excluding hydrogens is 404 g/mol. The fourth-order valence-electron chi connectivity index (χ4n) is 3.42. The van der Waals surface area contributed by atoms with Crippen LogP contribution >= 0.6 is 22.9 Å². The lowest BCUT2D eigenvalue weighted by Crippen LogP contribution is -2.28. The van der Waals surface area contributed by atoms with Crippen molar-refractivity contribution in [3.05, 3.63) is 81.7 Å². The third kappa shape index (κ3) is 4.69. The van der Waals surface area contributed by atoms with E-state index in [1.165, 1.54) is 11.3 Å². The predicted octanol–water partition coefficient (Wildman–Crippen LogP) is 5.23. The number of halogens is 1. The largest absolute Gasteiger partial charge is 0.347 e. The van der Waals surface area contributed by atoms with Crippen molar-refractivity contribution in [3.8, 4) is 10.4 Å². The molecule has 4 rings (SSSR count). The number of nitrogens with one attached hydrogen (secondary N) is 1. The van der Waals surface area contributed by atoms with Crippen LogP contribution < -0.4 is 5.32 Å². The number of likely N-dealkylation sites (tertiary alicyclic amines) is 1. The van der Waals surface area contributed by atoms with Crippen molar-refractivity contribution in [1.29, 1.82) is 0 Å². The van der Waals surface area contributed by atoms with Crippen molar-refractivity contribution in [1.82, 2.24) is 10.2 Å². The topological polar surface area (TPSA) is 49.4 Å². The minimum absolute atomic E-state index is 0.0709. The van der Waals surface area contributed by atoms with Gasteiger partial charge in [0, 0.05) is 35.1 Å². The Hall–Kier alpha value is -2.63. The lowest BCUT2D eigenvalue weighted by molar-refractivity contribution is 0.0792. The lowest BCUT2D eigenvalue weighted by Gasteiger charge is -2.15. The molecule has 1 aliphatic heterocycles. The van der Waals surface area contributed by atoms with Crippen molar-refractivity contribution < 1.29 is 9.59 Å². The van der Waals surface area contributed by atoms with E-state index in [0.717, 1.165) is 41.9 Å². The van der Waals surface area contributed by atoms with Crippen molar-refractivity contribution >= 4 is 34.8 Å². The van der Waals surface area contributed by atoms with E-state index in [-0.39, 0.29) is 11.8 Å². The molecule has 0 radical (unpaired) electrons. The van der Waals surface area contributed by atoms with Gasteiger partial charge in [0.1, 0.15) is 0 Å². The SMILES string of the molecule is O=C(NCc1cccc(C(=O)N2CCCC2)c1)c1ccc(-c2ccc(Cl)cc2)s1. The Kier molecular flexibility index (Phi) is 5.97. The molecule has 1 N–H and O–H groups in total. The fraction of sp³-hybridized carbons (Fsp3) is 0.217. The predicted molar refractivity (Wildman–Crippen MR) is 118 cm³/mol. The zero-order valence-electron chi connectivity index (χ0n) is 15.9. The van der Waals surface area contributed by atoms with Crippen LogP contribution in [0.15, 0.2) is 60.7 Å². The molecule has 2 heterocycles. The molecule has 0 bridgehead atoms. The van der Waals surface area contributed by atoms with Crippen LogP contribution in [0.25, 0.3) is 10.4 Å². The average molecular weight is 425 g/mol. The highest BCUT2D eigenvalue weighted by Crippen LogP contribution is 2.29. The van der Waals surface area contributed by atoms with E-state index in [0.29, 0.717) is 22.0 Å². The molecule has 0 spiro atoms. The Morgan fingerprint density at radius 1 is 1.00 bits per heavy atom. The number of amides is 2. The van der Waals surface area contributed by atoms with E-state index in [2.05, 4.69) is 5.32 Å². The van der Waals surface area contributed by atoms with Crippen molar-refractivity contribution in [2.24, 2.45) is 0 Å². The third-order valence-electron chi connectivity index (χ3n) is 4.98. The number of hydrogen-bond donors (Lipinski definition) is 1. The second-order valence-electron chi connectivity index (χ2n) is 7.05. The number of nitrogens with zero attached hydrogens (tertiary/aromatic N) is 1. The summed E-state index contributed by atoms with van der Waals surface area (Å²) in [6.07, 6.45) is 2.14. The Bertz CT molecular complexity index is 1020. The van der Waals surface area contributed by atoms with Crippen LogP contribution in [0, 0.1) is 0 Å². The Morgan fingerprint density at radius 2 is 1.76 bits per heavy atom. The van der Waals surface area contributed by atoms with Crippen LogP contribution in [-0.2, 0) is 6.54 Å². The second kappa shape index (κ2) is 8.80. The molecule has 2 aromatic carbocycles. The highest BCUT2D eigenvalue weighted by Gasteiger charge is 2.19. The maximum atomic E-state index is 12.5. The summed E-state index contributed by atoms with van der Waals surface area (Å²) in [5.74, 6) is -0.0481. The second-order valence-corrected chi connectivity index (χ2v) is 8.57. The van der Waals surface area contributed by atoms with E-state index in [4.69, 9.17) is 11.6 Å². The zero-order valence-corrected chi connectivity index (χ0v) is 17.4. The van der Waals surface area contributed by atoms with E-state index in [1.54, 1.807) is 0 Å². The summed E-state index contributed by atoms with van der Waals surface area (Å²) in [6.45, 7) is 2.04. The van der Waals surface area contributed by atoms with Crippen molar-refractivity contribution in [2.45, 2.75) is 19.4 Å². The maximum absolute atomic E-state index is 12.5. The van der Waals surface area contributed by atoms with Crippen LogP contribution in [0.1, 0.15) is 38.4 Å². The summed E-state index contributed by atoms with van der Waals surface area (Å²) in [4.78, 5) is 28.7. The van der Waals surface area contributed by atoms with Gasteiger partial charge in [-0.25, -0.2) is 0 Å². The van der Waals surface area contributed by atoms with Crippen molar-refractivity contribution in [3.63, 3.8) is 0 Å². The molecule has 1 saturated heterocycles. The van der Waals surface area contributed by atoms with Gasteiger partial charge in [0.2, 0.25) is 0 Å². The molecule has 6 heteroatoms. The first-order valence-corrected chi connectivity index (χ1v) is 10.8. The highest BCUT2D eigenvalue weighted by molar-refractivity contribution is 7.17. The Morgan fingerprint density at radius 3 is 2.52 bits per heavy atom. The normalized spacial score (nSPS) is 13.5. The van der Waals surface area contributed by atoms with Crippen LogP contribution in [0.2, 0.25) is 5.02 Å². The first kappa shape index (κ1) is 19.7. The Balaban J connectivity index is 1.39. The van der Waals surface area contributed by atoms with E-state index in [9.17, 15) is 9.59 Å². The molecule has 1 aliphatic rings. The van der Waals surface area contributed by atoms with Crippen LogP contribution in [-0.4, -0.2) is 29.8 Å². The van der Waals surface area contributed by atoms with Gasteiger partial charge in [-0.2, -0.15) is 0 Å².